The molecule has 0 spiro atoms. The first-order chi connectivity index (χ1) is 5.89. The molecule has 0 bridgehead atoms. The highest BCUT2D eigenvalue weighted by molar-refractivity contribution is 5.10. The average Bonchev–Trinajstić information content (AvgIpc) is 2.11. The Labute approximate surface area is 75.0 Å². The molecule has 0 fully saturated rings. The fourth-order valence-electron chi connectivity index (χ4n) is 1.13. The Morgan fingerprint density at radius 2 is 1.17 bits per heavy atom. The van der Waals surface area contributed by atoms with Gasteiger partial charge in [-0.3, -0.25) is 0 Å². The smallest absolute Gasteiger partial charge is 0.0138 e. The van der Waals surface area contributed by atoms with Gasteiger partial charge in [0.05, 0.1) is 0 Å². The molecule has 0 N–H and O–H groups in total. The summed E-state index contributed by atoms with van der Waals surface area (Å²) < 4.78 is 0. The normalized spacial score (nSPS) is 27.2. The van der Waals surface area contributed by atoms with Gasteiger partial charge in [-0.05, 0) is 25.7 Å². The summed E-state index contributed by atoms with van der Waals surface area (Å²) in [5, 5.41) is 0. The molecule has 0 heteroatoms. The van der Waals surface area contributed by atoms with Crippen molar-refractivity contribution >= 4 is 0 Å². The van der Waals surface area contributed by atoms with E-state index in [1.54, 1.807) is 0 Å². The van der Waals surface area contributed by atoms with Gasteiger partial charge < -0.3 is 0 Å². The van der Waals surface area contributed by atoms with Gasteiger partial charge in [0.1, 0.15) is 0 Å². The quantitative estimate of drug-likeness (QED) is 0.473. The highest BCUT2D eigenvalue weighted by Crippen LogP contribution is 2.07. The molecule has 0 atom stereocenters. The van der Waals surface area contributed by atoms with Crippen LogP contribution in [0.5, 0.6) is 0 Å². The van der Waals surface area contributed by atoms with Crippen molar-refractivity contribution in [3.05, 3.63) is 48.6 Å². The van der Waals surface area contributed by atoms with Crippen molar-refractivity contribution in [3.63, 3.8) is 0 Å². The maximum Gasteiger partial charge on any atom is -0.0138 e. The Hall–Kier alpha value is -1.04. The number of allylic oxidation sites excluding steroid dienone is 7. The maximum atomic E-state index is 4.00. The van der Waals surface area contributed by atoms with E-state index in [1.807, 2.05) is 0 Å². The average molecular weight is 160 g/mol. The van der Waals surface area contributed by atoms with Crippen molar-refractivity contribution in [1.82, 2.24) is 0 Å². The van der Waals surface area contributed by atoms with E-state index >= 15 is 0 Å². The first-order valence-corrected chi connectivity index (χ1v) is 4.51. The first kappa shape index (κ1) is 9.05. The van der Waals surface area contributed by atoms with Crippen LogP contribution in [0.2, 0.25) is 0 Å². The Morgan fingerprint density at radius 1 is 0.750 bits per heavy atom. The third-order valence-electron chi connectivity index (χ3n) is 1.86. The molecule has 0 aromatic heterocycles. The molecule has 0 aliphatic heterocycles. The lowest BCUT2D eigenvalue weighted by Crippen LogP contribution is -1.74. The molecule has 1 aliphatic carbocycles. The molecular formula is C12H16. The highest BCUT2D eigenvalue weighted by atomic mass is 13.9. The third-order valence-corrected chi connectivity index (χ3v) is 1.86. The molecule has 0 aromatic rings. The Bertz CT molecular complexity index is 194. The SMILES string of the molecule is C=C1C/C=C\C/C=C\C/C=C\C1. The summed E-state index contributed by atoms with van der Waals surface area (Å²) in [7, 11) is 0. The second kappa shape index (κ2) is 5.59. The zero-order valence-corrected chi connectivity index (χ0v) is 7.50. The number of hydrogen-bond donors (Lipinski definition) is 0. The zero-order chi connectivity index (χ0) is 8.65. The number of hydrogen-bond acceptors (Lipinski definition) is 0. The predicted molar refractivity (Wildman–Crippen MR) is 55.0 cm³/mol. The Balaban J connectivity index is 2.49. The van der Waals surface area contributed by atoms with Gasteiger partial charge in [0, 0.05) is 0 Å². The van der Waals surface area contributed by atoms with Crippen LogP contribution in [0.1, 0.15) is 25.7 Å². The highest BCUT2D eigenvalue weighted by Gasteiger charge is 1.87. The van der Waals surface area contributed by atoms with Crippen molar-refractivity contribution in [1.29, 1.82) is 0 Å². The number of rotatable bonds is 0. The minimum atomic E-state index is 1.03. The second-order valence-electron chi connectivity index (χ2n) is 3.04. The van der Waals surface area contributed by atoms with E-state index in [1.165, 1.54) is 5.57 Å². The molecule has 0 unspecified atom stereocenters. The molecule has 0 saturated heterocycles. The van der Waals surface area contributed by atoms with Crippen LogP contribution in [-0.4, -0.2) is 0 Å². The molecule has 0 radical (unpaired) electrons. The van der Waals surface area contributed by atoms with Gasteiger partial charge in [-0.1, -0.05) is 48.6 Å². The van der Waals surface area contributed by atoms with Crippen LogP contribution in [-0.2, 0) is 0 Å². The predicted octanol–water partition coefficient (Wildman–Crippen LogP) is 3.79. The topological polar surface area (TPSA) is 0 Å². The standard InChI is InChI=1S/C12H16/c1-12-10-8-6-4-2-3-5-7-9-11-12/h2-3,6-9H,1,4-5,10-11H2/b3-2-,8-6-,9-7-. The van der Waals surface area contributed by atoms with Gasteiger partial charge in [-0.25, -0.2) is 0 Å². The van der Waals surface area contributed by atoms with Crippen molar-refractivity contribution in [2.24, 2.45) is 0 Å². The molecule has 0 nitrogen and oxygen atoms in total. The molecule has 1 aliphatic rings. The molecular weight excluding hydrogens is 144 g/mol. The van der Waals surface area contributed by atoms with Crippen LogP contribution in [0.4, 0.5) is 0 Å². The lowest BCUT2D eigenvalue weighted by Gasteiger charge is -1.95. The van der Waals surface area contributed by atoms with Gasteiger partial charge in [0.2, 0.25) is 0 Å². The van der Waals surface area contributed by atoms with Crippen molar-refractivity contribution in [3.8, 4) is 0 Å². The second-order valence-corrected chi connectivity index (χ2v) is 3.04. The Morgan fingerprint density at radius 3 is 1.67 bits per heavy atom. The summed E-state index contributed by atoms with van der Waals surface area (Å²) in [6, 6.07) is 0. The molecule has 12 heavy (non-hydrogen) atoms. The minimum Gasteiger partial charge on any atom is -0.0992 e. The van der Waals surface area contributed by atoms with E-state index in [9.17, 15) is 0 Å². The summed E-state index contributed by atoms with van der Waals surface area (Å²) in [6.45, 7) is 4.00. The van der Waals surface area contributed by atoms with Crippen molar-refractivity contribution in [2.75, 3.05) is 0 Å². The fourth-order valence-corrected chi connectivity index (χ4v) is 1.13. The molecule has 0 amide bonds. The fraction of sp³-hybridized carbons (Fsp3) is 0.333. The van der Waals surface area contributed by atoms with E-state index in [-0.39, 0.29) is 0 Å². The summed E-state index contributed by atoms with van der Waals surface area (Å²) in [5.41, 5.74) is 1.30. The lowest BCUT2D eigenvalue weighted by molar-refractivity contribution is 1.11. The molecule has 0 aromatic carbocycles. The molecule has 0 saturated carbocycles. The van der Waals surface area contributed by atoms with Crippen LogP contribution in [0.15, 0.2) is 48.6 Å². The van der Waals surface area contributed by atoms with Gasteiger partial charge in [-0.2, -0.15) is 0 Å². The van der Waals surface area contributed by atoms with Crippen LogP contribution < -0.4 is 0 Å². The van der Waals surface area contributed by atoms with Crippen molar-refractivity contribution < 1.29 is 0 Å². The van der Waals surface area contributed by atoms with Crippen LogP contribution in [0.25, 0.3) is 0 Å². The monoisotopic (exact) mass is 160 g/mol. The summed E-state index contributed by atoms with van der Waals surface area (Å²) >= 11 is 0. The summed E-state index contributed by atoms with van der Waals surface area (Å²) in [5.74, 6) is 0. The summed E-state index contributed by atoms with van der Waals surface area (Å²) in [6.07, 6.45) is 17.4. The molecule has 0 heterocycles. The van der Waals surface area contributed by atoms with E-state index < -0.39 is 0 Å². The Kier molecular flexibility index (Phi) is 4.22. The van der Waals surface area contributed by atoms with E-state index in [0.717, 1.165) is 25.7 Å². The van der Waals surface area contributed by atoms with Gasteiger partial charge in [0.15, 0.2) is 0 Å². The third kappa shape index (κ3) is 3.97. The van der Waals surface area contributed by atoms with E-state index in [4.69, 9.17) is 0 Å². The zero-order valence-electron chi connectivity index (χ0n) is 7.50. The van der Waals surface area contributed by atoms with Gasteiger partial charge in [-0.15, -0.1) is 0 Å². The minimum absolute atomic E-state index is 1.03. The first-order valence-electron chi connectivity index (χ1n) is 4.51. The van der Waals surface area contributed by atoms with Gasteiger partial charge >= 0.3 is 0 Å². The van der Waals surface area contributed by atoms with E-state index in [0.29, 0.717) is 0 Å². The molecule has 64 valence electrons. The molecule has 1 rings (SSSR count). The van der Waals surface area contributed by atoms with E-state index in [2.05, 4.69) is 43.0 Å². The summed E-state index contributed by atoms with van der Waals surface area (Å²) in [4.78, 5) is 0. The lowest BCUT2D eigenvalue weighted by atomic mass is 10.1. The van der Waals surface area contributed by atoms with Crippen molar-refractivity contribution in [2.45, 2.75) is 25.7 Å². The largest absolute Gasteiger partial charge is 0.0992 e. The maximum absolute atomic E-state index is 4.00. The van der Waals surface area contributed by atoms with Crippen LogP contribution in [0, 0.1) is 0 Å². The van der Waals surface area contributed by atoms with Gasteiger partial charge in [0.25, 0.3) is 0 Å². The van der Waals surface area contributed by atoms with Crippen LogP contribution >= 0.6 is 0 Å². The van der Waals surface area contributed by atoms with Crippen LogP contribution in [0.3, 0.4) is 0 Å².